The molecule has 9 nitrogen and oxygen atoms in total. The Morgan fingerprint density at radius 2 is 1.86 bits per heavy atom. The largest absolute Gasteiger partial charge is 0.506 e. The molecule has 3 aromatic carbocycles. The average Bonchev–Trinajstić information content (AvgIpc) is 3.10. The zero-order valence-electron chi connectivity index (χ0n) is 15.3. The molecule has 0 aliphatic heterocycles. The number of amides is 2. The third-order valence-corrected chi connectivity index (χ3v) is 4.46. The molecule has 2 amide bonds. The quantitative estimate of drug-likeness (QED) is 0.422. The van der Waals surface area contributed by atoms with Crippen molar-refractivity contribution < 1.29 is 19.7 Å². The number of aromatic nitrogens is 3. The maximum Gasteiger partial charge on any atom is 0.317 e. The summed E-state index contributed by atoms with van der Waals surface area (Å²) in [7, 11) is 1.39. The maximum absolute atomic E-state index is 11.5. The van der Waals surface area contributed by atoms with Crippen LogP contribution in [0.1, 0.15) is 0 Å². The summed E-state index contributed by atoms with van der Waals surface area (Å²) in [6.45, 7) is 0. The SMILES string of the molecule is COc1cc(-n2nnc(NC(N)=O)c2-c2cccc3ccccc23)c(O)cc1O. The molecule has 4 rings (SSSR count). The van der Waals surface area contributed by atoms with E-state index < -0.39 is 6.03 Å². The number of methoxy groups -OCH3 is 1. The Bertz CT molecular complexity index is 1230. The summed E-state index contributed by atoms with van der Waals surface area (Å²) < 4.78 is 6.49. The molecule has 29 heavy (non-hydrogen) atoms. The van der Waals surface area contributed by atoms with Gasteiger partial charge in [-0.3, -0.25) is 5.32 Å². The number of nitrogens with zero attached hydrogens (tertiary/aromatic N) is 3. The van der Waals surface area contributed by atoms with Crippen LogP contribution in [0, 0.1) is 0 Å². The highest BCUT2D eigenvalue weighted by molar-refractivity contribution is 6.00. The van der Waals surface area contributed by atoms with Gasteiger partial charge >= 0.3 is 6.03 Å². The van der Waals surface area contributed by atoms with Crippen LogP contribution in [0.5, 0.6) is 17.2 Å². The number of nitrogens with one attached hydrogen (secondary N) is 1. The highest BCUT2D eigenvalue weighted by Crippen LogP contribution is 2.39. The Hall–Kier alpha value is -4.27. The third-order valence-electron chi connectivity index (χ3n) is 4.46. The van der Waals surface area contributed by atoms with E-state index in [-0.39, 0.29) is 28.8 Å². The monoisotopic (exact) mass is 391 g/mol. The van der Waals surface area contributed by atoms with E-state index in [2.05, 4.69) is 15.6 Å². The molecule has 4 aromatic rings. The number of hydrogen-bond acceptors (Lipinski definition) is 6. The van der Waals surface area contributed by atoms with Crippen LogP contribution >= 0.6 is 0 Å². The molecule has 0 spiro atoms. The van der Waals surface area contributed by atoms with Crippen molar-refractivity contribution >= 4 is 22.6 Å². The number of primary amides is 1. The number of carbonyl (C=O) groups is 1. The van der Waals surface area contributed by atoms with Crippen molar-refractivity contribution in [1.82, 2.24) is 15.0 Å². The number of fused-ring (bicyclic) bond motifs is 1. The van der Waals surface area contributed by atoms with Gasteiger partial charge in [-0.2, -0.15) is 0 Å². The second-order valence-electron chi connectivity index (χ2n) is 6.23. The lowest BCUT2D eigenvalue weighted by Crippen LogP contribution is -2.20. The van der Waals surface area contributed by atoms with E-state index >= 15 is 0 Å². The first-order valence-electron chi connectivity index (χ1n) is 8.60. The number of nitrogens with two attached hydrogens (primary N) is 1. The number of benzene rings is 3. The van der Waals surface area contributed by atoms with E-state index in [1.807, 2.05) is 42.5 Å². The van der Waals surface area contributed by atoms with E-state index in [1.165, 1.54) is 17.9 Å². The van der Waals surface area contributed by atoms with Gasteiger partial charge in [-0.05, 0) is 10.8 Å². The summed E-state index contributed by atoms with van der Waals surface area (Å²) >= 11 is 0. The van der Waals surface area contributed by atoms with Crippen LogP contribution in [0.2, 0.25) is 0 Å². The molecule has 1 heterocycles. The standard InChI is InChI=1S/C20H17N5O4/c1-29-17-9-14(15(26)10-16(17)27)25-18(19(23-24-25)22-20(21)28)13-8-4-6-11-5-2-3-7-12(11)13/h2-10,26-27H,1H3,(H3,21,22,28). The summed E-state index contributed by atoms with van der Waals surface area (Å²) in [6, 6.07) is 15.1. The lowest BCUT2D eigenvalue weighted by Gasteiger charge is -2.13. The van der Waals surface area contributed by atoms with E-state index in [0.717, 1.165) is 16.8 Å². The minimum Gasteiger partial charge on any atom is -0.506 e. The Balaban J connectivity index is 2.03. The highest BCUT2D eigenvalue weighted by atomic mass is 16.5. The molecule has 0 unspecified atom stereocenters. The Kier molecular flexibility index (Phi) is 4.40. The molecule has 1 aromatic heterocycles. The van der Waals surface area contributed by atoms with Gasteiger partial charge in [0.15, 0.2) is 17.3 Å². The molecule has 9 heteroatoms. The van der Waals surface area contributed by atoms with Gasteiger partial charge in [0.05, 0.1) is 7.11 Å². The van der Waals surface area contributed by atoms with Gasteiger partial charge in [-0.25, -0.2) is 9.48 Å². The van der Waals surface area contributed by atoms with Crippen LogP contribution in [0.3, 0.4) is 0 Å². The molecule has 0 saturated heterocycles. The third kappa shape index (κ3) is 3.14. The first-order chi connectivity index (χ1) is 14.0. The van der Waals surface area contributed by atoms with Crippen LogP contribution in [-0.4, -0.2) is 38.3 Å². The van der Waals surface area contributed by atoms with Gasteiger partial charge in [0.2, 0.25) is 0 Å². The zero-order valence-corrected chi connectivity index (χ0v) is 15.3. The molecule has 0 fully saturated rings. The van der Waals surface area contributed by atoms with Crippen molar-refractivity contribution in [3.63, 3.8) is 0 Å². The molecule has 0 aliphatic rings. The lowest BCUT2D eigenvalue weighted by molar-refractivity contribution is 0.259. The van der Waals surface area contributed by atoms with Gasteiger partial charge < -0.3 is 20.7 Å². The topological polar surface area (TPSA) is 136 Å². The number of ether oxygens (including phenoxy) is 1. The van der Waals surface area contributed by atoms with Gasteiger partial charge in [0.1, 0.15) is 17.1 Å². The minimum absolute atomic E-state index is 0.125. The number of anilines is 1. The summed E-state index contributed by atoms with van der Waals surface area (Å²) in [5.74, 6) is -0.210. The molecule has 5 N–H and O–H groups in total. The first-order valence-corrected chi connectivity index (χ1v) is 8.60. The van der Waals surface area contributed by atoms with Crippen LogP contribution < -0.4 is 15.8 Å². The van der Waals surface area contributed by atoms with Crippen molar-refractivity contribution in [2.75, 3.05) is 12.4 Å². The van der Waals surface area contributed by atoms with E-state index in [9.17, 15) is 15.0 Å². The smallest absolute Gasteiger partial charge is 0.317 e. The molecular weight excluding hydrogens is 374 g/mol. The second kappa shape index (κ2) is 7.04. The Labute approximate surface area is 165 Å². The molecule has 0 aliphatic carbocycles. The van der Waals surface area contributed by atoms with Crippen molar-refractivity contribution in [1.29, 1.82) is 0 Å². The van der Waals surface area contributed by atoms with Gasteiger partial charge in [-0.1, -0.05) is 47.7 Å². The van der Waals surface area contributed by atoms with Crippen LogP contribution in [0.25, 0.3) is 27.7 Å². The predicted octanol–water partition coefficient (Wildman–Crippen LogP) is 3.00. The molecule has 0 saturated carbocycles. The van der Waals surface area contributed by atoms with E-state index in [0.29, 0.717) is 11.3 Å². The summed E-state index contributed by atoms with van der Waals surface area (Å²) in [6.07, 6.45) is 0. The lowest BCUT2D eigenvalue weighted by atomic mass is 10.0. The fourth-order valence-electron chi connectivity index (χ4n) is 3.20. The Morgan fingerprint density at radius 1 is 1.10 bits per heavy atom. The van der Waals surface area contributed by atoms with E-state index in [4.69, 9.17) is 10.5 Å². The van der Waals surface area contributed by atoms with E-state index in [1.54, 1.807) is 0 Å². The molecule has 0 atom stereocenters. The van der Waals surface area contributed by atoms with Crippen LogP contribution in [0.4, 0.5) is 10.6 Å². The fraction of sp³-hybridized carbons (Fsp3) is 0.0500. The average molecular weight is 391 g/mol. The number of phenolic OH excluding ortho intramolecular Hbond substituents is 2. The summed E-state index contributed by atoms with van der Waals surface area (Å²) in [5, 5.41) is 32.8. The predicted molar refractivity (Wildman–Crippen MR) is 107 cm³/mol. The van der Waals surface area contributed by atoms with Crippen LogP contribution in [-0.2, 0) is 0 Å². The molecular formula is C20H17N5O4. The van der Waals surface area contributed by atoms with Gasteiger partial charge in [-0.15, -0.1) is 5.10 Å². The number of phenols is 2. The highest BCUT2D eigenvalue weighted by Gasteiger charge is 2.22. The number of carbonyl (C=O) groups excluding carboxylic acids is 1. The van der Waals surface area contributed by atoms with Gasteiger partial charge in [0.25, 0.3) is 0 Å². The fourth-order valence-corrected chi connectivity index (χ4v) is 3.20. The molecule has 0 radical (unpaired) electrons. The number of aromatic hydroxyl groups is 2. The maximum atomic E-state index is 11.5. The van der Waals surface area contributed by atoms with Gasteiger partial charge in [0, 0.05) is 17.7 Å². The number of rotatable bonds is 4. The number of urea groups is 1. The van der Waals surface area contributed by atoms with Crippen molar-refractivity contribution in [3.05, 3.63) is 54.6 Å². The van der Waals surface area contributed by atoms with Crippen molar-refractivity contribution in [2.24, 2.45) is 5.73 Å². The first kappa shape index (κ1) is 18.1. The van der Waals surface area contributed by atoms with Crippen molar-refractivity contribution in [3.8, 4) is 34.2 Å². The zero-order chi connectivity index (χ0) is 20.5. The summed E-state index contributed by atoms with van der Waals surface area (Å²) in [5.41, 5.74) is 6.62. The molecule has 0 bridgehead atoms. The second-order valence-corrected chi connectivity index (χ2v) is 6.23. The molecule has 146 valence electrons. The Morgan fingerprint density at radius 3 is 2.62 bits per heavy atom. The normalized spacial score (nSPS) is 10.8. The number of hydrogen-bond donors (Lipinski definition) is 4. The minimum atomic E-state index is -0.800. The van der Waals surface area contributed by atoms with Crippen LogP contribution in [0.15, 0.2) is 54.6 Å². The van der Waals surface area contributed by atoms with Crippen molar-refractivity contribution in [2.45, 2.75) is 0 Å². The summed E-state index contributed by atoms with van der Waals surface area (Å²) in [4.78, 5) is 11.5.